The molecule has 0 saturated heterocycles. The highest BCUT2D eigenvalue weighted by Crippen LogP contribution is 2.26. The second kappa shape index (κ2) is 6.46. The van der Waals surface area contributed by atoms with Crippen molar-refractivity contribution in [2.24, 2.45) is 7.05 Å². The maximum atomic E-state index is 4.62. The largest absolute Gasteiger partial charge is 0.275 e. The van der Waals surface area contributed by atoms with Crippen LogP contribution < -0.4 is 0 Å². The van der Waals surface area contributed by atoms with Crippen LogP contribution in [0, 0.1) is 0 Å². The Morgan fingerprint density at radius 3 is 2.83 bits per heavy atom. The van der Waals surface area contributed by atoms with Crippen molar-refractivity contribution in [1.29, 1.82) is 0 Å². The molecule has 0 aliphatic heterocycles. The number of aryl methyl sites for hydroxylation is 1. The Hall–Kier alpha value is -2.64. The van der Waals surface area contributed by atoms with Gasteiger partial charge in [0.05, 0.1) is 17.6 Å². The first-order valence-electron chi connectivity index (χ1n) is 7.26. The zero-order chi connectivity index (χ0) is 16.4. The lowest BCUT2D eigenvalue weighted by atomic mass is 10.2. The lowest BCUT2D eigenvalue weighted by Gasteiger charge is -1.97. The molecule has 5 nitrogen and oxygen atoms in total. The molecule has 0 amide bonds. The minimum Gasteiger partial charge on any atom is -0.275 e. The maximum absolute atomic E-state index is 4.62. The van der Waals surface area contributed by atoms with Gasteiger partial charge >= 0.3 is 0 Å². The monoisotopic (exact) mass is 351 g/mol. The first kappa shape index (κ1) is 14.9. The molecule has 0 radical (unpaired) electrons. The van der Waals surface area contributed by atoms with Crippen LogP contribution in [0.5, 0.6) is 0 Å². The summed E-state index contributed by atoms with van der Waals surface area (Å²) in [6.45, 7) is 0. The predicted molar refractivity (Wildman–Crippen MR) is 98.6 cm³/mol. The molecule has 0 atom stereocenters. The molecule has 24 heavy (non-hydrogen) atoms. The second-order valence-corrected chi connectivity index (χ2v) is 6.76. The van der Waals surface area contributed by atoms with Crippen LogP contribution in [0.15, 0.2) is 46.9 Å². The molecule has 0 fully saturated rings. The van der Waals surface area contributed by atoms with E-state index in [2.05, 4.69) is 36.9 Å². The molecule has 0 spiro atoms. The zero-order valence-corrected chi connectivity index (χ0v) is 14.5. The normalized spacial score (nSPS) is 11.4. The fraction of sp³-hybridized carbons (Fsp3) is 0.0588. The van der Waals surface area contributed by atoms with Crippen LogP contribution in [0.3, 0.4) is 0 Å². The fourth-order valence-electron chi connectivity index (χ4n) is 2.21. The molecule has 4 rings (SSSR count). The van der Waals surface area contributed by atoms with Gasteiger partial charge in [-0.1, -0.05) is 0 Å². The van der Waals surface area contributed by atoms with Crippen molar-refractivity contribution in [2.45, 2.75) is 0 Å². The molecule has 0 aliphatic rings. The lowest BCUT2D eigenvalue weighted by Crippen LogP contribution is -1.89. The van der Waals surface area contributed by atoms with Gasteiger partial charge in [-0.15, -0.1) is 11.3 Å². The van der Waals surface area contributed by atoms with E-state index in [9.17, 15) is 0 Å². The fourth-order valence-corrected chi connectivity index (χ4v) is 3.71. The Morgan fingerprint density at radius 1 is 1.08 bits per heavy atom. The van der Waals surface area contributed by atoms with Crippen LogP contribution in [0.25, 0.3) is 34.0 Å². The highest BCUT2D eigenvalue weighted by molar-refractivity contribution is 7.14. The second-order valence-electron chi connectivity index (χ2n) is 5.13. The van der Waals surface area contributed by atoms with Crippen LogP contribution in [-0.4, -0.2) is 24.7 Å². The minimum atomic E-state index is 0.654. The highest BCUT2D eigenvalue weighted by Gasteiger charge is 2.05. The van der Waals surface area contributed by atoms with Crippen LogP contribution in [0.1, 0.15) is 11.5 Å². The Bertz CT molecular complexity index is 982. The average molecular weight is 351 g/mol. The van der Waals surface area contributed by atoms with Crippen molar-refractivity contribution in [2.75, 3.05) is 0 Å². The van der Waals surface area contributed by atoms with Crippen molar-refractivity contribution in [3.8, 4) is 21.8 Å². The van der Waals surface area contributed by atoms with Gasteiger partial charge in [0.1, 0.15) is 5.01 Å². The van der Waals surface area contributed by atoms with Gasteiger partial charge < -0.3 is 0 Å². The minimum absolute atomic E-state index is 0.654. The predicted octanol–water partition coefficient (Wildman–Crippen LogP) is 4.23. The summed E-state index contributed by atoms with van der Waals surface area (Å²) in [5.74, 6) is 0.654. The number of thiophene rings is 1. The van der Waals surface area contributed by atoms with E-state index in [0.29, 0.717) is 5.82 Å². The summed E-state index contributed by atoms with van der Waals surface area (Å²) in [6.07, 6.45) is 9.31. The van der Waals surface area contributed by atoms with E-state index in [4.69, 9.17) is 0 Å². The number of thiazole rings is 1. The summed E-state index contributed by atoms with van der Waals surface area (Å²) in [7, 11) is 1.89. The van der Waals surface area contributed by atoms with E-state index in [1.54, 1.807) is 39.7 Å². The zero-order valence-electron chi connectivity index (χ0n) is 12.8. The van der Waals surface area contributed by atoms with E-state index in [-0.39, 0.29) is 0 Å². The summed E-state index contributed by atoms with van der Waals surface area (Å²) in [5.41, 5.74) is 3.91. The number of rotatable bonds is 4. The smallest absolute Gasteiger partial charge is 0.152 e. The Labute approximate surface area is 147 Å². The molecule has 0 N–H and O–H groups in total. The van der Waals surface area contributed by atoms with Crippen molar-refractivity contribution in [1.82, 2.24) is 24.7 Å². The van der Waals surface area contributed by atoms with Crippen LogP contribution >= 0.6 is 22.7 Å². The molecule has 4 aromatic rings. The summed E-state index contributed by atoms with van der Waals surface area (Å²) in [5, 5.41) is 11.4. The molecular weight excluding hydrogens is 338 g/mol. The van der Waals surface area contributed by atoms with Crippen LogP contribution in [-0.2, 0) is 7.05 Å². The molecule has 4 aromatic heterocycles. The molecule has 7 heteroatoms. The van der Waals surface area contributed by atoms with Crippen molar-refractivity contribution >= 4 is 34.8 Å². The number of nitrogens with zero attached hydrogens (tertiary/aromatic N) is 5. The van der Waals surface area contributed by atoms with Gasteiger partial charge in [0.25, 0.3) is 0 Å². The standard InChI is InChI=1S/C17H13N5S2/c1-22-9-13(8-19-22)15-4-6-18-16(21-15)3-2-14-11-24-17(20-14)12-5-7-23-10-12/h2-11H,1H3. The highest BCUT2D eigenvalue weighted by atomic mass is 32.1. The quantitative estimate of drug-likeness (QED) is 0.552. The summed E-state index contributed by atoms with van der Waals surface area (Å²) in [6, 6.07) is 3.96. The van der Waals surface area contributed by atoms with Gasteiger partial charge in [0, 0.05) is 41.3 Å². The number of hydrogen-bond donors (Lipinski definition) is 0. The van der Waals surface area contributed by atoms with Gasteiger partial charge in [-0.25, -0.2) is 15.0 Å². The van der Waals surface area contributed by atoms with Gasteiger partial charge in [-0.2, -0.15) is 16.4 Å². The molecule has 0 aliphatic carbocycles. The molecule has 118 valence electrons. The lowest BCUT2D eigenvalue weighted by molar-refractivity contribution is 0.768. The molecule has 4 heterocycles. The van der Waals surface area contributed by atoms with Gasteiger partial charge in [-0.3, -0.25) is 4.68 Å². The molecule has 0 aromatic carbocycles. The van der Waals surface area contributed by atoms with Gasteiger partial charge in [0.15, 0.2) is 5.82 Å². The van der Waals surface area contributed by atoms with E-state index in [1.807, 2.05) is 36.8 Å². The first-order chi connectivity index (χ1) is 11.8. The molecule has 0 unspecified atom stereocenters. The summed E-state index contributed by atoms with van der Waals surface area (Å²) >= 11 is 3.31. The summed E-state index contributed by atoms with van der Waals surface area (Å²) < 4.78 is 1.76. The average Bonchev–Trinajstić information content (AvgIpc) is 3.34. The first-order valence-corrected chi connectivity index (χ1v) is 9.08. The van der Waals surface area contributed by atoms with E-state index >= 15 is 0 Å². The third-order valence-electron chi connectivity index (χ3n) is 3.37. The van der Waals surface area contributed by atoms with Crippen molar-refractivity contribution in [3.05, 3.63) is 58.4 Å². The maximum Gasteiger partial charge on any atom is 0.152 e. The topological polar surface area (TPSA) is 56.5 Å². The van der Waals surface area contributed by atoms with Crippen molar-refractivity contribution < 1.29 is 0 Å². The Morgan fingerprint density at radius 2 is 2.04 bits per heavy atom. The van der Waals surface area contributed by atoms with Gasteiger partial charge in [0.2, 0.25) is 0 Å². The van der Waals surface area contributed by atoms with Crippen molar-refractivity contribution in [3.63, 3.8) is 0 Å². The Kier molecular flexibility index (Phi) is 4.02. The van der Waals surface area contributed by atoms with E-state index in [1.165, 1.54) is 5.56 Å². The van der Waals surface area contributed by atoms with E-state index in [0.717, 1.165) is 22.0 Å². The number of hydrogen-bond acceptors (Lipinski definition) is 6. The van der Waals surface area contributed by atoms with Crippen LogP contribution in [0.4, 0.5) is 0 Å². The third kappa shape index (κ3) is 3.17. The molecule has 0 bridgehead atoms. The van der Waals surface area contributed by atoms with E-state index < -0.39 is 0 Å². The number of aromatic nitrogens is 5. The molecular formula is C17H13N5S2. The van der Waals surface area contributed by atoms with Crippen LogP contribution in [0.2, 0.25) is 0 Å². The summed E-state index contributed by atoms with van der Waals surface area (Å²) in [4.78, 5) is 13.5. The third-order valence-corrected chi connectivity index (χ3v) is 4.96. The SMILES string of the molecule is Cn1cc(-c2ccnc(C=Cc3csc(-c4ccsc4)n3)n2)cn1. The molecule has 0 saturated carbocycles. The van der Waals surface area contributed by atoms with Gasteiger partial charge in [-0.05, 0) is 29.7 Å². The Balaban J connectivity index is 1.56.